The average molecular weight is 343 g/mol. The molecule has 0 aromatic carbocycles. The Bertz CT molecular complexity index is 850. The van der Waals surface area contributed by atoms with Crippen molar-refractivity contribution in [2.24, 2.45) is 20.0 Å². The normalized spacial score (nSPS) is 24.6. The Morgan fingerprint density at radius 2 is 1.91 bits per heavy atom. The highest BCUT2D eigenvalue weighted by atomic mass is 32.2. The van der Waals surface area contributed by atoms with Crippen LogP contribution in [0.1, 0.15) is 25.7 Å². The summed E-state index contributed by atoms with van der Waals surface area (Å²) in [6, 6.07) is 0. The van der Waals surface area contributed by atoms with Gasteiger partial charge >= 0.3 is 5.69 Å². The van der Waals surface area contributed by atoms with Gasteiger partial charge in [0.05, 0.1) is 5.60 Å². The van der Waals surface area contributed by atoms with E-state index in [0.717, 1.165) is 21.8 Å². The molecule has 2 fully saturated rings. The number of rotatable bonds is 3. The predicted molar refractivity (Wildman–Crippen MR) is 82.6 cm³/mol. The Morgan fingerprint density at radius 3 is 2.52 bits per heavy atom. The maximum atomic E-state index is 12.8. The Morgan fingerprint density at radius 1 is 1.26 bits per heavy atom. The summed E-state index contributed by atoms with van der Waals surface area (Å²) in [6.45, 7) is 0.533. The lowest BCUT2D eigenvalue weighted by Gasteiger charge is -2.34. The van der Waals surface area contributed by atoms with Crippen LogP contribution in [0.4, 0.5) is 0 Å². The monoisotopic (exact) mass is 343 g/mol. The second-order valence-corrected chi connectivity index (χ2v) is 8.46. The molecule has 1 saturated carbocycles. The highest BCUT2D eigenvalue weighted by Gasteiger charge is 2.50. The van der Waals surface area contributed by atoms with E-state index in [1.807, 2.05) is 0 Å². The zero-order valence-electron chi connectivity index (χ0n) is 13.2. The molecule has 0 spiro atoms. The molecule has 0 amide bonds. The van der Waals surface area contributed by atoms with E-state index in [1.54, 1.807) is 0 Å². The average Bonchev–Trinajstić information content (AvgIpc) is 3.28. The number of nitrogens with zero attached hydrogens (tertiary/aromatic N) is 3. The molecule has 1 aromatic rings. The van der Waals surface area contributed by atoms with Crippen LogP contribution >= 0.6 is 0 Å². The van der Waals surface area contributed by atoms with Gasteiger partial charge in [-0.3, -0.25) is 9.36 Å². The molecular weight excluding hydrogens is 322 g/mol. The summed E-state index contributed by atoms with van der Waals surface area (Å²) in [5.41, 5.74) is -2.14. The summed E-state index contributed by atoms with van der Waals surface area (Å²) in [5.74, 6) is -0.0950. The molecule has 23 heavy (non-hydrogen) atoms. The SMILES string of the molecule is Cn1cc(S(=O)(=O)N2CCCC(C3(O)CC3)C2)c(=O)n(C)c1=O. The van der Waals surface area contributed by atoms with Crippen molar-refractivity contribution >= 4 is 10.0 Å². The van der Waals surface area contributed by atoms with Gasteiger partial charge in [0.1, 0.15) is 0 Å². The van der Waals surface area contributed by atoms with Crippen LogP contribution in [0, 0.1) is 5.92 Å². The first-order chi connectivity index (χ1) is 10.7. The van der Waals surface area contributed by atoms with E-state index in [-0.39, 0.29) is 12.5 Å². The van der Waals surface area contributed by atoms with E-state index in [1.165, 1.54) is 18.4 Å². The Hall–Kier alpha value is -1.45. The molecule has 1 aliphatic carbocycles. The largest absolute Gasteiger partial charge is 0.390 e. The van der Waals surface area contributed by atoms with Gasteiger partial charge in [0, 0.05) is 39.3 Å². The van der Waals surface area contributed by atoms with Crippen molar-refractivity contribution < 1.29 is 13.5 Å². The van der Waals surface area contributed by atoms with Crippen molar-refractivity contribution in [2.75, 3.05) is 13.1 Å². The lowest BCUT2D eigenvalue weighted by atomic mass is 9.92. The van der Waals surface area contributed by atoms with E-state index in [9.17, 15) is 23.1 Å². The van der Waals surface area contributed by atoms with Gasteiger partial charge < -0.3 is 9.67 Å². The van der Waals surface area contributed by atoms with Crippen LogP contribution in [0.25, 0.3) is 0 Å². The summed E-state index contributed by atoms with van der Waals surface area (Å²) in [7, 11) is -1.32. The molecule has 128 valence electrons. The van der Waals surface area contributed by atoms with Crippen molar-refractivity contribution in [1.82, 2.24) is 13.4 Å². The molecular formula is C14H21N3O5S. The van der Waals surface area contributed by atoms with E-state index in [4.69, 9.17) is 0 Å². The number of sulfonamides is 1. The second-order valence-electron chi connectivity index (χ2n) is 6.56. The van der Waals surface area contributed by atoms with Gasteiger partial charge in [-0.1, -0.05) is 0 Å². The quantitative estimate of drug-likeness (QED) is 0.759. The van der Waals surface area contributed by atoms with Gasteiger partial charge in [0.2, 0.25) is 10.0 Å². The molecule has 1 saturated heterocycles. The smallest absolute Gasteiger partial charge is 0.330 e. The van der Waals surface area contributed by atoms with Crippen molar-refractivity contribution in [2.45, 2.75) is 36.2 Å². The number of aryl methyl sites for hydroxylation is 1. The molecule has 1 N–H and O–H groups in total. The second kappa shape index (κ2) is 5.29. The molecule has 1 atom stereocenters. The first-order valence-electron chi connectivity index (χ1n) is 7.66. The molecule has 2 heterocycles. The van der Waals surface area contributed by atoms with Crippen molar-refractivity contribution in [3.05, 3.63) is 27.0 Å². The topological polar surface area (TPSA) is 102 Å². The fourth-order valence-electron chi connectivity index (χ4n) is 3.23. The van der Waals surface area contributed by atoms with Crippen LogP contribution < -0.4 is 11.2 Å². The minimum absolute atomic E-state index is 0.0950. The summed E-state index contributed by atoms with van der Waals surface area (Å²) in [4.78, 5) is 23.5. The third-order valence-corrected chi connectivity index (χ3v) is 6.79. The van der Waals surface area contributed by atoms with Gasteiger partial charge in [-0.05, 0) is 25.7 Å². The van der Waals surface area contributed by atoms with Gasteiger partial charge in [-0.15, -0.1) is 0 Å². The number of aliphatic hydroxyl groups is 1. The first kappa shape index (κ1) is 16.4. The van der Waals surface area contributed by atoms with Crippen LogP contribution in [0.15, 0.2) is 20.7 Å². The number of piperidine rings is 1. The highest BCUT2D eigenvalue weighted by molar-refractivity contribution is 7.89. The molecule has 1 aromatic heterocycles. The van der Waals surface area contributed by atoms with Gasteiger partial charge in [0.15, 0.2) is 4.90 Å². The third-order valence-electron chi connectivity index (χ3n) is 4.94. The Labute approximate surface area is 134 Å². The maximum absolute atomic E-state index is 12.8. The van der Waals surface area contributed by atoms with E-state index in [2.05, 4.69) is 0 Å². The number of hydrogen-bond acceptors (Lipinski definition) is 5. The summed E-state index contributed by atoms with van der Waals surface area (Å²) in [6.07, 6.45) is 3.92. The minimum atomic E-state index is -3.99. The zero-order chi connectivity index (χ0) is 17.0. The number of hydrogen-bond donors (Lipinski definition) is 1. The van der Waals surface area contributed by atoms with Crippen molar-refractivity contribution in [3.63, 3.8) is 0 Å². The maximum Gasteiger partial charge on any atom is 0.330 e. The van der Waals surface area contributed by atoms with Gasteiger partial charge in [-0.25, -0.2) is 13.2 Å². The third kappa shape index (κ3) is 2.66. The van der Waals surface area contributed by atoms with E-state index < -0.39 is 31.8 Å². The van der Waals surface area contributed by atoms with Crippen molar-refractivity contribution in [3.8, 4) is 0 Å². The van der Waals surface area contributed by atoms with Gasteiger partial charge in [-0.2, -0.15) is 4.31 Å². The fourth-order valence-corrected chi connectivity index (χ4v) is 4.90. The summed E-state index contributed by atoms with van der Waals surface area (Å²) >= 11 is 0. The standard InChI is InChI=1S/C14H21N3O5S/c1-15-9-11(12(18)16(2)13(15)19)23(21,22)17-7-3-4-10(8-17)14(20)5-6-14/h9-10,20H,3-8H2,1-2H3. The van der Waals surface area contributed by atoms with Crippen LogP contribution in [-0.4, -0.2) is 45.7 Å². The molecule has 9 heteroatoms. The lowest BCUT2D eigenvalue weighted by Crippen LogP contribution is -2.47. The first-order valence-corrected chi connectivity index (χ1v) is 9.10. The Kier molecular flexibility index (Phi) is 3.77. The molecule has 8 nitrogen and oxygen atoms in total. The lowest BCUT2D eigenvalue weighted by molar-refractivity contribution is 0.0514. The Balaban J connectivity index is 1.99. The number of aromatic nitrogens is 2. The van der Waals surface area contributed by atoms with Crippen LogP contribution in [0.3, 0.4) is 0 Å². The molecule has 0 radical (unpaired) electrons. The molecule has 2 aliphatic rings. The summed E-state index contributed by atoms with van der Waals surface area (Å²) in [5, 5.41) is 10.3. The molecule has 1 unspecified atom stereocenters. The highest BCUT2D eigenvalue weighted by Crippen LogP contribution is 2.46. The van der Waals surface area contributed by atoms with E-state index in [0.29, 0.717) is 25.8 Å². The molecule has 0 bridgehead atoms. The van der Waals surface area contributed by atoms with Gasteiger partial charge in [0.25, 0.3) is 5.56 Å². The molecule has 3 rings (SSSR count). The predicted octanol–water partition coefficient (Wildman–Crippen LogP) is -0.990. The zero-order valence-corrected chi connectivity index (χ0v) is 14.0. The fraction of sp³-hybridized carbons (Fsp3) is 0.714. The van der Waals surface area contributed by atoms with Crippen LogP contribution in [0.5, 0.6) is 0 Å². The van der Waals surface area contributed by atoms with Crippen molar-refractivity contribution in [1.29, 1.82) is 0 Å². The summed E-state index contributed by atoms with van der Waals surface area (Å²) < 4.78 is 28.8. The van der Waals surface area contributed by atoms with Crippen LogP contribution in [-0.2, 0) is 24.1 Å². The molecule has 1 aliphatic heterocycles. The van der Waals surface area contributed by atoms with E-state index >= 15 is 0 Å². The minimum Gasteiger partial charge on any atom is -0.390 e. The van der Waals surface area contributed by atoms with Crippen LogP contribution in [0.2, 0.25) is 0 Å².